The Morgan fingerprint density at radius 1 is 1.24 bits per heavy atom. The lowest BCUT2D eigenvalue weighted by Crippen LogP contribution is -2.20. The molecular weight excluding hydrogens is 411 g/mol. The highest BCUT2D eigenvalue weighted by Gasteiger charge is 2.33. The molecule has 0 radical (unpaired) electrons. The Morgan fingerprint density at radius 3 is 2.55 bits per heavy atom. The smallest absolute Gasteiger partial charge is 0.427 e. The van der Waals surface area contributed by atoms with Gasteiger partial charge in [0, 0.05) is 11.1 Å². The van der Waals surface area contributed by atoms with E-state index in [2.05, 4.69) is 15.3 Å². The molecule has 0 spiro atoms. The van der Waals surface area contributed by atoms with Crippen LogP contribution in [0.25, 0.3) is 0 Å². The van der Waals surface area contributed by atoms with Gasteiger partial charge in [-0.25, -0.2) is 9.78 Å². The van der Waals surface area contributed by atoms with E-state index in [9.17, 15) is 18.0 Å². The SMILES string of the molecule is CO/N=C(/C(=O)OC)c1cccc(C)c1CO/N=C(\C)c1ncc(C(F)(F)F)s1. The summed E-state index contributed by atoms with van der Waals surface area (Å²) in [7, 11) is 2.52. The molecule has 1 heterocycles. The predicted molar refractivity (Wildman–Crippen MR) is 101 cm³/mol. The van der Waals surface area contributed by atoms with Gasteiger partial charge in [0.2, 0.25) is 0 Å². The van der Waals surface area contributed by atoms with Crippen molar-refractivity contribution in [2.75, 3.05) is 14.2 Å². The number of hydrogen-bond acceptors (Lipinski definition) is 8. The Balaban J connectivity index is 2.24. The number of nitrogens with zero attached hydrogens (tertiary/aromatic N) is 3. The van der Waals surface area contributed by atoms with Crippen molar-refractivity contribution >= 4 is 28.7 Å². The number of alkyl halides is 3. The summed E-state index contributed by atoms with van der Waals surface area (Å²) in [6.07, 6.45) is -3.71. The molecule has 0 unspecified atom stereocenters. The summed E-state index contributed by atoms with van der Waals surface area (Å²) < 4.78 is 42.8. The summed E-state index contributed by atoms with van der Waals surface area (Å²) in [4.78, 5) is 25.0. The first kappa shape index (κ1) is 22.3. The monoisotopic (exact) mass is 429 g/mol. The van der Waals surface area contributed by atoms with E-state index in [1.165, 1.54) is 21.1 Å². The van der Waals surface area contributed by atoms with Gasteiger partial charge in [0.1, 0.15) is 29.3 Å². The van der Waals surface area contributed by atoms with E-state index in [1.54, 1.807) is 25.1 Å². The van der Waals surface area contributed by atoms with E-state index in [1.807, 2.05) is 0 Å². The molecule has 0 amide bonds. The normalized spacial score (nSPS) is 12.7. The van der Waals surface area contributed by atoms with Crippen LogP contribution in [0.1, 0.15) is 33.5 Å². The zero-order valence-corrected chi connectivity index (χ0v) is 16.8. The maximum absolute atomic E-state index is 12.7. The Kier molecular flexibility index (Phi) is 7.32. The van der Waals surface area contributed by atoms with Gasteiger partial charge in [0.25, 0.3) is 0 Å². The molecule has 0 saturated heterocycles. The van der Waals surface area contributed by atoms with Crippen molar-refractivity contribution in [2.45, 2.75) is 26.6 Å². The van der Waals surface area contributed by atoms with Gasteiger partial charge >= 0.3 is 12.1 Å². The van der Waals surface area contributed by atoms with Crippen molar-refractivity contribution in [2.24, 2.45) is 10.3 Å². The third-order valence-corrected chi connectivity index (χ3v) is 4.88. The van der Waals surface area contributed by atoms with Crippen molar-refractivity contribution in [3.05, 3.63) is 51.0 Å². The highest BCUT2D eigenvalue weighted by Crippen LogP contribution is 2.33. The van der Waals surface area contributed by atoms with Crippen LogP contribution in [0.15, 0.2) is 34.7 Å². The van der Waals surface area contributed by atoms with Gasteiger partial charge in [-0.05, 0) is 19.4 Å². The van der Waals surface area contributed by atoms with E-state index in [-0.39, 0.29) is 23.0 Å². The van der Waals surface area contributed by atoms with Crippen LogP contribution in [0.5, 0.6) is 0 Å². The van der Waals surface area contributed by atoms with Crippen LogP contribution in [0.4, 0.5) is 13.2 Å². The van der Waals surface area contributed by atoms with Gasteiger partial charge in [0.05, 0.1) is 13.3 Å². The number of benzene rings is 1. The van der Waals surface area contributed by atoms with Crippen molar-refractivity contribution < 1.29 is 32.4 Å². The molecule has 1 aromatic carbocycles. The van der Waals surface area contributed by atoms with Crippen LogP contribution >= 0.6 is 11.3 Å². The van der Waals surface area contributed by atoms with Crippen LogP contribution < -0.4 is 0 Å². The van der Waals surface area contributed by atoms with E-state index in [0.29, 0.717) is 22.5 Å². The van der Waals surface area contributed by atoms with Gasteiger partial charge in [-0.2, -0.15) is 13.2 Å². The summed E-state index contributed by atoms with van der Waals surface area (Å²) in [5.41, 5.74) is 1.96. The van der Waals surface area contributed by atoms with Gasteiger partial charge in [-0.1, -0.05) is 28.5 Å². The van der Waals surface area contributed by atoms with E-state index in [4.69, 9.17) is 14.4 Å². The molecule has 11 heteroatoms. The highest BCUT2D eigenvalue weighted by molar-refractivity contribution is 7.13. The largest absolute Gasteiger partial charge is 0.464 e. The topological polar surface area (TPSA) is 82.4 Å². The molecule has 29 heavy (non-hydrogen) atoms. The van der Waals surface area contributed by atoms with Crippen molar-refractivity contribution in [1.29, 1.82) is 0 Å². The number of methoxy groups -OCH3 is 1. The Hall–Kier alpha value is -2.95. The third kappa shape index (κ3) is 5.53. The zero-order valence-electron chi connectivity index (χ0n) is 16.0. The molecule has 156 valence electrons. The van der Waals surface area contributed by atoms with Crippen molar-refractivity contribution in [1.82, 2.24) is 4.98 Å². The third-order valence-electron chi connectivity index (χ3n) is 3.73. The molecule has 0 bridgehead atoms. The second-order valence-corrected chi connectivity index (χ2v) is 6.72. The molecule has 0 saturated carbocycles. The molecule has 2 rings (SSSR count). The van der Waals surface area contributed by atoms with Crippen LogP contribution in [0, 0.1) is 6.92 Å². The van der Waals surface area contributed by atoms with E-state index in [0.717, 1.165) is 11.8 Å². The number of halogens is 3. The van der Waals surface area contributed by atoms with Crippen molar-refractivity contribution in [3.8, 4) is 0 Å². The number of aromatic nitrogens is 1. The molecule has 0 N–H and O–H groups in total. The molecule has 0 aliphatic rings. The lowest BCUT2D eigenvalue weighted by atomic mass is 9.99. The summed E-state index contributed by atoms with van der Waals surface area (Å²) in [5, 5.41) is 7.66. The number of ether oxygens (including phenoxy) is 1. The number of aryl methyl sites for hydroxylation is 1. The number of hydrogen-bond donors (Lipinski definition) is 0. The van der Waals surface area contributed by atoms with Crippen LogP contribution in [-0.2, 0) is 32.0 Å². The first-order valence-electron chi connectivity index (χ1n) is 8.17. The zero-order chi connectivity index (χ0) is 21.6. The fraction of sp³-hybridized carbons (Fsp3) is 0.333. The predicted octanol–water partition coefficient (Wildman–Crippen LogP) is 3.93. The number of carbonyl (C=O) groups is 1. The molecule has 0 atom stereocenters. The maximum Gasteiger partial charge on any atom is 0.427 e. The molecule has 0 aliphatic heterocycles. The average molecular weight is 429 g/mol. The standard InChI is InChI=1S/C18H18F3N3O4S/c1-10-6-5-7-12(15(24-27-4)17(25)26-3)13(10)9-28-23-11(2)16-22-8-14(29-16)18(19,20)21/h5-8H,9H2,1-4H3/b23-11+,24-15+. The number of thiazole rings is 1. The van der Waals surface area contributed by atoms with Crippen LogP contribution in [0.2, 0.25) is 0 Å². The minimum atomic E-state index is -4.46. The van der Waals surface area contributed by atoms with Crippen molar-refractivity contribution in [3.63, 3.8) is 0 Å². The summed E-state index contributed by atoms with van der Waals surface area (Å²) in [6.45, 7) is 3.23. The number of rotatable bonds is 7. The Labute approximate surface area is 168 Å². The Morgan fingerprint density at radius 2 is 1.97 bits per heavy atom. The lowest BCUT2D eigenvalue weighted by molar-refractivity contribution is -0.134. The molecule has 7 nitrogen and oxygen atoms in total. The Bertz CT molecular complexity index is 939. The minimum Gasteiger partial charge on any atom is -0.464 e. The fourth-order valence-corrected chi connectivity index (χ4v) is 3.03. The van der Waals surface area contributed by atoms with Crippen LogP contribution in [0.3, 0.4) is 0 Å². The average Bonchev–Trinajstić information content (AvgIpc) is 3.17. The van der Waals surface area contributed by atoms with Gasteiger partial charge < -0.3 is 14.4 Å². The van der Waals surface area contributed by atoms with E-state index >= 15 is 0 Å². The molecule has 1 aromatic heterocycles. The number of esters is 1. The lowest BCUT2D eigenvalue weighted by Gasteiger charge is -2.12. The fourth-order valence-electron chi connectivity index (χ4n) is 2.31. The quantitative estimate of drug-likeness (QED) is 0.378. The first-order chi connectivity index (χ1) is 13.7. The second-order valence-electron chi connectivity index (χ2n) is 5.69. The van der Waals surface area contributed by atoms with Crippen LogP contribution in [-0.4, -0.2) is 36.6 Å². The highest BCUT2D eigenvalue weighted by atomic mass is 32.1. The van der Waals surface area contributed by atoms with Gasteiger partial charge in [0.15, 0.2) is 5.71 Å². The molecule has 0 aliphatic carbocycles. The summed E-state index contributed by atoms with van der Waals surface area (Å²) in [5.74, 6) is -0.694. The number of carbonyl (C=O) groups excluding carboxylic acids is 1. The molecule has 0 fully saturated rings. The number of oxime groups is 2. The van der Waals surface area contributed by atoms with Gasteiger partial charge in [-0.3, -0.25) is 0 Å². The first-order valence-corrected chi connectivity index (χ1v) is 8.99. The van der Waals surface area contributed by atoms with E-state index < -0.39 is 17.0 Å². The second kappa shape index (κ2) is 9.50. The van der Waals surface area contributed by atoms with Gasteiger partial charge in [-0.15, -0.1) is 11.3 Å². The molecule has 2 aromatic rings. The minimum absolute atomic E-state index is 0.0484. The maximum atomic E-state index is 12.7. The summed E-state index contributed by atoms with van der Waals surface area (Å²) in [6, 6.07) is 5.18. The molecular formula is C18H18F3N3O4S. The summed E-state index contributed by atoms with van der Waals surface area (Å²) >= 11 is 0.475.